The molecule has 1 aliphatic rings. The quantitative estimate of drug-likeness (QED) is 0.515. The Morgan fingerprint density at radius 3 is 2.41 bits per heavy atom. The Hall–Kier alpha value is -3.33. The summed E-state index contributed by atoms with van der Waals surface area (Å²) >= 11 is 1.28. The van der Waals surface area contributed by atoms with Gasteiger partial charge in [-0.25, -0.2) is 4.98 Å². The van der Waals surface area contributed by atoms with Gasteiger partial charge in [0.25, 0.3) is 17.5 Å². The molecule has 2 amide bonds. The normalized spacial score (nSPS) is 14.0. The zero-order chi connectivity index (χ0) is 20.4. The monoisotopic (exact) mass is 410 g/mol. The number of carbonyl (C=O) groups is 2. The van der Waals surface area contributed by atoms with Crippen molar-refractivity contribution in [1.29, 1.82) is 0 Å². The Morgan fingerprint density at radius 2 is 1.72 bits per heavy atom. The highest BCUT2D eigenvalue weighted by molar-refractivity contribution is 7.22. The Morgan fingerprint density at radius 1 is 1.03 bits per heavy atom. The molecule has 29 heavy (non-hydrogen) atoms. The first-order valence-corrected chi connectivity index (χ1v) is 10.1. The molecule has 1 aromatic heterocycles. The van der Waals surface area contributed by atoms with Crippen molar-refractivity contribution >= 4 is 44.2 Å². The number of amides is 2. The third-order valence-electron chi connectivity index (χ3n) is 4.84. The van der Waals surface area contributed by atoms with Crippen LogP contribution in [0, 0.1) is 10.1 Å². The van der Waals surface area contributed by atoms with Gasteiger partial charge < -0.3 is 4.90 Å². The zero-order valence-electron chi connectivity index (χ0n) is 15.5. The number of hydrogen-bond acceptors (Lipinski definition) is 6. The third kappa shape index (κ3) is 4.09. The SMILES string of the molecule is O=C(Nc1nc2ccc(C(=O)N3CCCCC3)cc2s1)c1ccc([N+](=O)[O-])cc1. The number of fused-ring (bicyclic) bond motifs is 1. The molecular formula is C20H18N4O4S. The highest BCUT2D eigenvalue weighted by atomic mass is 32.1. The first kappa shape index (κ1) is 19.0. The molecule has 1 aliphatic heterocycles. The van der Waals surface area contributed by atoms with E-state index in [0.717, 1.165) is 37.1 Å². The van der Waals surface area contributed by atoms with Crippen molar-refractivity contribution in [3.05, 3.63) is 63.7 Å². The molecule has 1 N–H and O–H groups in total. The fraction of sp³-hybridized carbons (Fsp3) is 0.250. The molecule has 9 heteroatoms. The highest BCUT2D eigenvalue weighted by Gasteiger charge is 2.19. The number of thiazole rings is 1. The van der Waals surface area contributed by atoms with E-state index in [2.05, 4.69) is 10.3 Å². The van der Waals surface area contributed by atoms with E-state index in [0.29, 0.717) is 21.8 Å². The molecule has 0 aliphatic carbocycles. The fourth-order valence-corrected chi connectivity index (χ4v) is 4.19. The van der Waals surface area contributed by atoms with Crippen LogP contribution in [0.5, 0.6) is 0 Å². The lowest BCUT2D eigenvalue weighted by Crippen LogP contribution is -2.35. The number of nitro benzene ring substituents is 1. The lowest BCUT2D eigenvalue weighted by molar-refractivity contribution is -0.384. The predicted molar refractivity (Wildman–Crippen MR) is 110 cm³/mol. The van der Waals surface area contributed by atoms with Gasteiger partial charge in [0.15, 0.2) is 5.13 Å². The first-order valence-electron chi connectivity index (χ1n) is 9.27. The van der Waals surface area contributed by atoms with Crippen LogP contribution in [0.2, 0.25) is 0 Å². The van der Waals surface area contributed by atoms with Crippen molar-refractivity contribution in [3.8, 4) is 0 Å². The molecule has 148 valence electrons. The van der Waals surface area contributed by atoms with Crippen molar-refractivity contribution in [3.63, 3.8) is 0 Å². The largest absolute Gasteiger partial charge is 0.339 e. The number of nitrogens with zero attached hydrogens (tertiary/aromatic N) is 3. The summed E-state index contributed by atoms with van der Waals surface area (Å²) in [5, 5.41) is 13.8. The molecule has 8 nitrogen and oxygen atoms in total. The number of nitrogens with one attached hydrogen (secondary N) is 1. The second kappa shape index (κ2) is 7.96. The number of hydrogen-bond donors (Lipinski definition) is 1. The molecule has 0 spiro atoms. The lowest BCUT2D eigenvalue weighted by atomic mass is 10.1. The van der Waals surface area contributed by atoms with Crippen LogP contribution in [-0.4, -0.2) is 39.7 Å². The average Bonchev–Trinajstić information content (AvgIpc) is 3.15. The van der Waals surface area contributed by atoms with Crippen LogP contribution in [0.1, 0.15) is 40.0 Å². The van der Waals surface area contributed by atoms with Gasteiger partial charge in [-0.3, -0.25) is 25.0 Å². The minimum atomic E-state index is -0.516. The van der Waals surface area contributed by atoms with E-state index in [9.17, 15) is 19.7 Å². The molecule has 0 bridgehead atoms. The van der Waals surface area contributed by atoms with Gasteiger partial charge in [0.2, 0.25) is 0 Å². The van der Waals surface area contributed by atoms with Gasteiger partial charge in [-0.15, -0.1) is 0 Å². The summed E-state index contributed by atoms with van der Waals surface area (Å²) < 4.78 is 0.812. The molecule has 0 unspecified atom stereocenters. The van der Waals surface area contributed by atoms with Crippen LogP contribution in [0.4, 0.5) is 10.8 Å². The van der Waals surface area contributed by atoms with Crippen molar-refractivity contribution in [1.82, 2.24) is 9.88 Å². The van der Waals surface area contributed by atoms with Crippen molar-refractivity contribution in [2.24, 2.45) is 0 Å². The molecule has 0 radical (unpaired) electrons. The molecule has 0 atom stereocenters. The number of benzene rings is 2. The van der Waals surface area contributed by atoms with Crippen LogP contribution in [0.15, 0.2) is 42.5 Å². The van der Waals surface area contributed by atoms with Gasteiger partial charge in [0, 0.05) is 36.3 Å². The minimum absolute atomic E-state index is 0.0245. The molecule has 1 saturated heterocycles. The highest BCUT2D eigenvalue weighted by Crippen LogP contribution is 2.28. The number of non-ortho nitro benzene ring substituents is 1. The molecule has 1 fully saturated rings. The van der Waals surface area contributed by atoms with Crippen LogP contribution < -0.4 is 5.32 Å². The van der Waals surface area contributed by atoms with Crippen LogP contribution in [-0.2, 0) is 0 Å². The maximum absolute atomic E-state index is 12.7. The van der Waals surface area contributed by atoms with Crippen LogP contribution in [0.25, 0.3) is 10.2 Å². The lowest BCUT2D eigenvalue weighted by Gasteiger charge is -2.26. The zero-order valence-corrected chi connectivity index (χ0v) is 16.3. The Balaban J connectivity index is 1.50. The summed E-state index contributed by atoms with van der Waals surface area (Å²) in [4.78, 5) is 41.5. The standard InChI is InChI=1S/C20H18N4O4S/c25-18(13-4-7-15(8-5-13)24(27)28)22-20-21-16-9-6-14(12-17(16)29-20)19(26)23-10-2-1-3-11-23/h4-9,12H,1-3,10-11H2,(H,21,22,25). The third-order valence-corrected chi connectivity index (χ3v) is 5.77. The number of piperidine rings is 1. The van der Waals surface area contributed by atoms with E-state index in [1.807, 2.05) is 11.0 Å². The van der Waals surface area contributed by atoms with Gasteiger partial charge in [-0.2, -0.15) is 0 Å². The van der Waals surface area contributed by atoms with Crippen LogP contribution in [0.3, 0.4) is 0 Å². The molecule has 3 aromatic rings. The van der Waals surface area contributed by atoms with Gasteiger partial charge in [-0.1, -0.05) is 11.3 Å². The molecule has 0 saturated carbocycles. The van der Waals surface area contributed by atoms with E-state index >= 15 is 0 Å². The van der Waals surface area contributed by atoms with E-state index in [-0.39, 0.29) is 11.6 Å². The first-order chi connectivity index (χ1) is 14.0. The van der Waals surface area contributed by atoms with Gasteiger partial charge in [0.1, 0.15) is 0 Å². The van der Waals surface area contributed by atoms with Gasteiger partial charge in [-0.05, 0) is 49.6 Å². The van der Waals surface area contributed by atoms with Gasteiger partial charge >= 0.3 is 0 Å². The van der Waals surface area contributed by atoms with E-state index < -0.39 is 10.8 Å². The maximum Gasteiger partial charge on any atom is 0.269 e. The summed E-state index contributed by atoms with van der Waals surface area (Å²) in [6, 6.07) is 10.7. The smallest absolute Gasteiger partial charge is 0.269 e. The number of anilines is 1. The van der Waals surface area contributed by atoms with Crippen LogP contribution >= 0.6 is 11.3 Å². The number of likely N-dealkylation sites (tertiary alicyclic amines) is 1. The second-order valence-electron chi connectivity index (χ2n) is 6.81. The number of rotatable bonds is 4. The maximum atomic E-state index is 12.7. The van der Waals surface area contributed by atoms with Gasteiger partial charge in [0.05, 0.1) is 15.1 Å². The summed E-state index contributed by atoms with van der Waals surface area (Å²) in [7, 11) is 0. The summed E-state index contributed by atoms with van der Waals surface area (Å²) in [6.45, 7) is 1.58. The molecular weight excluding hydrogens is 392 g/mol. The number of carbonyl (C=O) groups excluding carboxylic acids is 2. The topological polar surface area (TPSA) is 105 Å². The Bertz CT molecular complexity index is 1090. The van der Waals surface area contributed by atoms with Crippen molar-refractivity contribution < 1.29 is 14.5 Å². The van der Waals surface area contributed by atoms with E-state index in [1.165, 1.54) is 35.6 Å². The summed E-state index contributed by atoms with van der Waals surface area (Å²) in [5.74, 6) is -0.375. The van der Waals surface area contributed by atoms with E-state index in [1.54, 1.807) is 12.1 Å². The van der Waals surface area contributed by atoms with Crippen molar-refractivity contribution in [2.75, 3.05) is 18.4 Å². The summed E-state index contributed by atoms with van der Waals surface area (Å²) in [6.07, 6.45) is 3.23. The molecule has 4 rings (SSSR count). The molecule has 2 heterocycles. The second-order valence-corrected chi connectivity index (χ2v) is 7.84. The fourth-order valence-electron chi connectivity index (χ4n) is 3.29. The predicted octanol–water partition coefficient (Wildman–Crippen LogP) is 4.08. The molecule has 2 aromatic carbocycles. The average molecular weight is 410 g/mol. The Labute approximate surface area is 170 Å². The van der Waals surface area contributed by atoms with Crippen molar-refractivity contribution in [2.45, 2.75) is 19.3 Å². The number of aromatic nitrogens is 1. The van der Waals surface area contributed by atoms with E-state index in [4.69, 9.17) is 0 Å². The Kier molecular flexibility index (Phi) is 5.22. The minimum Gasteiger partial charge on any atom is -0.339 e. The summed E-state index contributed by atoms with van der Waals surface area (Å²) in [5.41, 5.74) is 1.55. The number of nitro groups is 1.